The van der Waals surface area contributed by atoms with Gasteiger partial charge in [-0.25, -0.2) is 15.0 Å². The first-order valence-corrected chi connectivity index (χ1v) is 24.2. The second-order valence-corrected chi connectivity index (χ2v) is 18.5. The molecule has 13 rings (SSSR count). The van der Waals surface area contributed by atoms with Gasteiger partial charge in [0, 0.05) is 49.4 Å². The third kappa shape index (κ3) is 7.14. The van der Waals surface area contributed by atoms with Crippen LogP contribution in [0.1, 0.15) is 16.7 Å². The molecule has 0 bridgehead atoms. The first-order chi connectivity index (χ1) is 35.5. The van der Waals surface area contributed by atoms with Gasteiger partial charge in [0.15, 0.2) is 17.5 Å². The van der Waals surface area contributed by atoms with E-state index in [0.29, 0.717) is 23.0 Å². The average molecular weight is 921 g/mol. The molecule has 0 spiro atoms. The number of hydrogen-bond donors (Lipinski definition) is 0. The van der Waals surface area contributed by atoms with Crippen LogP contribution in [0.3, 0.4) is 0 Å². The summed E-state index contributed by atoms with van der Waals surface area (Å²) in [5.41, 5.74) is 17.5. The maximum absolute atomic E-state index is 11.5. The van der Waals surface area contributed by atoms with Crippen LogP contribution in [-0.2, 0) is 0 Å². The number of rotatable bonds is 8. The minimum absolute atomic E-state index is 0.491. The molecule has 0 saturated heterocycles. The molecule has 0 N–H and O–H groups in total. The number of aromatic nitrogens is 5. The number of nitrogens with zero attached hydrogens (tertiary/aromatic N) is 6. The third-order valence-electron chi connectivity index (χ3n) is 13.9. The highest BCUT2D eigenvalue weighted by molar-refractivity contribution is 6.13. The summed E-state index contributed by atoms with van der Waals surface area (Å²) >= 11 is 0. The second kappa shape index (κ2) is 17.4. The van der Waals surface area contributed by atoms with E-state index in [1.165, 1.54) is 22.3 Å². The molecule has 72 heavy (non-hydrogen) atoms. The number of nitriles is 1. The zero-order chi connectivity index (χ0) is 48.3. The highest BCUT2D eigenvalue weighted by atomic mass is 15.0. The van der Waals surface area contributed by atoms with Crippen LogP contribution in [0.5, 0.6) is 0 Å². The van der Waals surface area contributed by atoms with Crippen LogP contribution in [-0.4, -0.2) is 24.1 Å². The Morgan fingerprint density at radius 1 is 0.333 bits per heavy atom. The Morgan fingerprint density at radius 3 is 1.26 bits per heavy atom. The Balaban J connectivity index is 1.15. The number of benzene rings is 10. The summed E-state index contributed by atoms with van der Waals surface area (Å²) in [7, 11) is 0. The maximum atomic E-state index is 11.5. The predicted octanol–water partition coefficient (Wildman–Crippen LogP) is 16.6. The van der Waals surface area contributed by atoms with Gasteiger partial charge in [-0.3, -0.25) is 0 Å². The van der Waals surface area contributed by atoms with E-state index in [4.69, 9.17) is 15.0 Å². The summed E-state index contributed by atoms with van der Waals surface area (Å²) < 4.78 is 4.69. The third-order valence-corrected chi connectivity index (χ3v) is 13.9. The fourth-order valence-electron chi connectivity index (χ4n) is 10.7. The minimum atomic E-state index is 0.491. The summed E-state index contributed by atoms with van der Waals surface area (Å²) in [6.45, 7) is 4.27. The van der Waals surface area contributed by atoms with Crippen LogP contribution >= 0.6 is 0 Å². The SMILES string of the molecule is Cc1cccc(-c2ccc3c(c2)c2ccccc2n3-c2cccc(C#N)c2-c2c(-c3nc(-c4ccccc4)nc(-c4ccccc4)n3)cccc2-n2c3ccccc3c3cc(-c4cccc(C)c4)ccc32)c1. The van der Waals surface area contributed by atoms with E-state index in [2.05, 4.69) is 187 Å². The van der Waals surface area contributed by atoms with Gasteiger partial charge < -0.3 is 9.13 Å². The zero-order valence-corrected chi connectivity index (χ0v) is 39.6. The van der Waals surface area contributed by atoms with Crippen molar-refractivity contribution in [2.24, 2.45) is 0 Å². The molecule has 0 aliphatic heterocycles. The van der Waals surface area contributed by atoms with Gasteiger partial charge in [-0.1, -0.05) is 187 Å². The van der Waals surface area contributed by atoms with Gasteiger partial charge in [-0.2, -0.15) is 5.26 Å². The fourth-order valence-corrected chi connectivity index (χ4v) is 10.7. The normalized spacial score (nSPS) is 11.5. The van der Waals surface area contributed by atoms with E-state index in [-0.39, 0.29) is 0 Å². The van der Waals surface area contributed by atoms with Crippen molar-refractivity contribution in [3.8, 4) is 85.0 Å². The van der Waals surface area contributed by atoms with Crippen LogP contribution in [0.4, 0.5) is 0 Å². The van der Waals surface area contributed by atoms with Crippen LogP contribution < -0.4 is 0 Å². The quantitative estimate of drug-likeness (QED) is 0.152. The lowest BCUT2D eigenvalue weighted by molar-refractivity contribution is 1.07. The molecule has 0 aliphatic rings. The van der Waals surface area contributed by atoms with E-state index in [1.807, 2.05) is 72.8 Å². The van der Waals surface area contributed by atoms with Gasteiger partial charge in [0.1, 0.15) is 0 Å². The Morgan fingerprint density at radius 2 is 0.750 bits per heavy atom. The monoisotopic (exact) mass is 920 g/mol. The van der Waals surface area contributed by atoms with Crippen molar-refractivity contribution in [3.63, 3.8) is 0 Å². The smallest absolute Gasteiger partial charge is 0.164 e. The van der Waals surface area contributed by atoms with Crippen LogP contribution in [0.15, 0.2) is 231 Å². The van der Waals surface area contributed by atoms with Crippen molar-refractivity contribution in [2.75, 3.05) is 0 Å². The molecule has 3 aromatic heterocycles. The lowest BCUT2D eigenvalue weighted by atomic mass is 9.91. The highest BCUT2D eigenvalue weighted by Crippen LogP contribution is 2.47. The molecule has 0 fully saturated rings. The van der Waals surface area contributed by atoms with Crippen molar-refractivity contribution >= 4 is 43.6 Å². The zero-order valence-electron chi connectivity index (χ0n) is 39.6. The number of fused-ring (bicyclic) bond motifs is 6. The average Bonchev–Trinajstić information content (AvgIpc) is 3.95. The molecule has 13 aromatic rings. The van der Waals surface area contributed by atoms with E-state index >= 15 is 0 Å². The van der Waals surface area contributed by atoms with Gasteiger partial charge in [-0.05, 0) is 90.7 Å². The molecule has 0 saturated carbocycles. The predicted molar refractivity (Wildman–Crippen MR) is 295 cm³/mol. The topological polar surface area (TPSA) is 72.3 Å². The van der Waals surface area contributed by atoms with Gasteiger partial charge >= 0.3 is 0 Å². The largest absolute Gasteiger partial charge is 0.309 e. The van der Waals surface area contributed by atoms with E-state index in [9.17, 15) is 5.26 Å². The van der Waals surface area contributed by atoms with Crippen molar-refractivity contribution in [1.82, 2.24) is 24.1 Å². The molecular weight excluding hydrogens is 877 g/mol. The van der Waals surface area contributed by atoms with Crippen LogP contribution in [0.25, 0.3) is 123 Å². The molecule has 6 nitrogen and oxygen atoms in total. The standard InChI is InChI=1S/C66H44N6/c1-42-17-13-23-46(37-42)48-33-35-58-54(39-48)51-26-9-11-29-56(51)71(58)60-31-15-25-50(41-67)62(60)63-53(66-69-64(44-19-5-3-6-20-44)68-65(70-66)45-21-7-4-8-22-45)28-16-32-61(63)72-57-30-12-10-27-52(57)55-40-49(34-36-59(55)72)47-24-14-18-43(2)38-47/h3-40H,1-2H3. The van der Waals surface area contributed by atoms with Crippen LogP contribution in [0, 0.1) is 25.2 Å². The van der Waals surface area contributed by atoms with Gasteiger partial charge in [0.2, 0.25) is 0 Å². The molecule has 3 heterocycles. The fraction of sp³-hybridized carbons (Fsp3) is 0.0303. The molecule has 10 aromatic carbocycles. The van der Waals surface area contributed by atoms with E-state index in [1.54, 1.807) is 0 Å². The number of para-hydroxylation sites is 2. The van der Waals surface area contributed by atoms with Crippen molar-refractivity contribution in [1.29, 1.82) is 5.26 Å². The van der Waals surface area contributed by atoms with Crippen molar-refractivity contribution in [3.05, 3.63) is 247 Å². The molecule has 0 radical (unpaired) electrons. The minimum Gasteiger partial charge on any atom is -0.309 e. The second-order valence-electron chi connectivity index (χ2n) is 18.5. The number of aryl methyl sites for hydroxylation is 2. The lowest BCUT2D eigenvalue weighted by Crippen LogP contribution is -2.07. The van der Waals surface area contributed by atoms with Crippen LogP contribution in [0.2, 0.25) is 0 Å². The molecule has 0 atom stereocenters. The lowest BCUT2D eigenvalue weighted by Gasteiger charge is -2.22. The molecule has 6 heteroatoms. The summed E-state index contributed by atoms with van der Waals surface area (Å²) in [6.07, 6.45) is 0. The first kappa shape index (κ1) is 42.4. The van der Waals surface area contributed by atoms with Gasteiger partial charge in [-0.15, -0.1) is 0 Å². The summed E-state index contributed by atoms with van der Waals surface area (Å²) in [4.78, 5) is 15.8. The van der Waals surface area contributed by atoms with Gasteiger partial charge in [0.05, 0.1) is 45.1 Å². The summed E-state index contributed by atoms with van der Waals surface area (Å²) in [5, 5.41) is 16.0. The number of hydrogen-bond acceptors (Lipinski definition) is 4. The molecule has 0 unspecified atom stereocenters. The first-order valence-electron chi connectivity index (χ1n) is 24.2. The van der Waals surface area contributed by atoms with Gasteiger partial charge in [0.25, 0.3) is 0 Å². The molecular formula is C66H44N6. The Bertz CT molecular complexity index is 4250. The van der Waals surface area contributed by atoms with Crippen molar-refractivity contribution < 1.29 is 0 Å². The molecule has 0 aliphatic carbocycles. The highest BCUT2D eigenvalue weighted by Gasteiger charge is 2.27. The summed E-state index contributed by atoms with van der Waals surface area (Å²) in [6, 6.07) is 83.3. The Hall–Kier alpha value is -9.70. The van der Waals surface area contributed by atoms with E-state index < -0.39 is 0 Å². The van der Waals surface area contributed by atoms with E-state index in [0.717, 1.165) is 93.9 Å². The molecule has 0 amide bonds. The Labute approximate surface area is 417 Å². The van der Waals surface area contributed by atoms with Crippen molar-refractivity contribution in [2.45, 2.75) is 13.8 Å². The Kier molecular flexibility index (Phi) is 10.2. The molecule has 338 valence electrons. The maximum Gasteiger partial charge on any atom is 0.164 e. The summed E-state index contributed by atoms with van der Waals surface area (Å²) in [5.74, 6) is 1.60.